The summed E-state index contributed by atoms with van der Waals surface area (Å²) in [5, 5.41) is 10.2. The van der Waals surface area contributed by atoms with E-state index in [0.717, 1.165) is 34.8 Å². The summed E-state index contributed by atoms with van der Waals surface area (Å²) < 4.78 is 13.1. The van der Waals surface area contributed by atoms with E-state index in [4.69, 9.17) is 21.1 Å². The van der Waals surface area contributed by atoms with Crippen molar-refractivity contribution in [3.8, 4) is 11.5 Å². The molecule has 0 aliphatic heterocycles. The van der Waals surface area contributed by atoms with E-state index in [-0.39, 0.29) is 0 Å². The Balaban J connectivity index is 1.64. The zero-order valence-electron chi connectivity index (χ0n) is 14.7. The first-order valence-electron chi connectivity index (χ1n) is 8.25. The van der Waals surface area contributed by atoms with Crippen molar-refractivity contribution in [1.29, 1.82) is 0 Å². The summed E-state index contributed by atoms with van der Waals surface area (Å²) in [7, 11) is 1.67. The number of nitrogens with zero attached hydrogens (tertiary/aromatic N) is 3. The topological polar surface area (TPSA) is 49.2 Å². The van der Waals surface area contributed by atoms with Crippen molar-refractivity contribution in [3.05, 3.63) is 64.9 Å². The highest BCUT2D eigenvalue weighted by Crippen LogP contribution is 2.24. The van der Waals surface area contributed by atoms with Crippen molar-refractivity contribution in [2.75, 3.05) is 7.11 Å². The molecule has 7 heteroatoms. The maximum atomic E-state index is 5.89. The second kappa shape index (κ2) is 8.96. The molecule has 2 aromatic carbocycles. The number of aromatic nitrogens is 3. The Morgan fingerprint density at radius 2 is 1.88 bits per heavy atom. The van der Waals surface area contributed by atoms with Gasteiger partial charge in [0.1, 0.15) is 18.1 Å². The minimum absolute atomic E-state index is 0.363. The minimum atomic E-state index is 0.363. The molecule has 0 spiro atoms. The van der Waals surface area contributed by atoms with Gasteiger partial charge in [0.25, 0.3) is 0 Å². The summed E-state index contributed by atoms with van der Waals surface area (Å²) >= 11 is 7.54. The molecule has 3 rings (SSSR count). The molecule has 5 nitrogen and oxygen atoms in total. The van der Waals surface area contributed by atoms with Crippen LogP contribution in [0, 0.1) is 0 Å². The predicted octanol–water partition coefficient (Wildman–Crippen LogP) is 4.83. The molecule has 26 heavy (non-hydrogen) atoms. The van der Waals surface area contributed by atoms with E-state index >= 15 is 0 Å². The van der Waals surface area contributed by atoms with Crippen LogP contribution in [0.5, 0.6) is 11.5 Å². The van der Waals surface area contributed by atoms with Crippen LogP contribution in [0.25, 0.3) is 0 Å². The number of methoxy groups -OCH3 is 1. The maximum Gasteiger partial charge on any atom is 0.191 e. The van der Waals surface area contributed by atoms with Crippen molar-refractivity contribution in [2.45, 2.75) is 31.0 Å². The maximum absolute atomic E-state index is 5.89. The molecule has 1 aromatic heterocycles. The largest absolute Gasteiger partial charge is 0.497 e. The molecule has 1 heterocycles. The number of hydrogen-bond acceptors (Lipinski definition) is 5. The van der Waals surface area contributed by atoms with E-state index in [1.54, 1.807) is 31.0 Å². The van der Waals surface area contributed by atoms with E-state index in [2.05, 4.69) is 27.8 Å². The first kappa shape index (κ1) is 18.6. The van der Waals surface area contributed by atoms with Crippen LogP contribution < -0.4 is 9.47 Å². The van der Waals surface area contributed by atoms with Crippen LogP contribution in [0.4, 0.5) is 0 Å². The number of hydrogen-bond donors (Lipinski definition) is 0. The summed E-state index contributed by atoms with van der Waals surface area (Å²) in [4.78, 5) is 0. The lowest BCUT2D eigenvalue weighted by Crippen LogP contribution is -2.07. The second-order valence-corrected chi connectivity index (χ2v) is 6.90. The van der Waals surface area contributed by atoms with E-state index in [0.29, 0.717) is 11.6 Å². The average molecular weight is 390 g/mol. The third-order valence-corrected chi connectivity index (χ3v) is 5.08. The lowest BCUT2D eigenvalue weighted by atomic mass is 10.2. The Morgan fingerprint density at radius 1 is 1.08 bits per heavy atom. The summed E-state index contributed by atoms with van der Waals surface area (Å²) in [5.41, 5.74) is 1.18. The fraction of sp³-hybridized carbons (Fsp3) is 0.263. The Kier molecular flexibility index (Phi) is 6.41. The van der Waals surface area contributed by atoms with Crippen LogP contribution in [0.15, 0.2) is 53.7 Å². The Labute approximate surface area is 162 Å². The van der Waals surface area contributed by atoms with Gasteiger partial charge in [0.15, 0.2) is 11.0 Å². The molecule has 0 aliphatic rings. The van der Waals surface area contributed by atoms with Gasteiger partial charge in [-0.05, 0) is 48.9 Å². The predicted molar refractivity (Wildman–Crippen MR) is 104 cm³/mol. The third kappa shape index (κ3) is 4.71. The number of rotatable bonds is 8. The molecule has 0 amide bonds. The molecule has 0 aliphatic carbocycles. The number of ether oxygens (including phenoxy) is 2. The van der Waals surface area contributed by atoms with Gasteiger partial charge in [0, 0.05) is 17.3 Å². The molecule has 0 atom stereocenters. The fourth-order valence-corrected chi connectivity index (χ4v) is 3.53. The van der Waals surface area contributed by atoms with Crippen LogP contribution in [0.1, 0.15) is 18.3 Å². The van der Waals surface area contributed by atoms with Gasteiger partial charge >= 0.3 is 0 Å². The van der Waals surface area contributed by atoms with Gasteiger partial charge in [-0.15, -0.1) is 10.2 Å². The summed E-state index contributed by atoms with van der Waals surface area (Å²) in [5.74, 6) is 3.21. The lowest BCUT2D eigenvalue weighted by Gasteiger charge is -2.09. The van der Waals surface area contributed by atoms with Crippen LogP contribution in [0.2, 0.25) is 5.02 Å². The van der Waals surface area contributed by atoms with Crippen LogP contribution in [0.3, 0.4) is 0 Å². The minimum Gasteiger partial charge on any atom is -0.497 e. The number of halogens is 1. The summed E-state index contributed by atoms with van der Waals surface area (Å²) in [6.07, 6.45) is 0. The Morgan fingerprint density at radius 3 is 2.62 bits per heavy atom. The number of thioether (sulfide) groups is 1. The molecule has 136 valence electrons. The van der Waals surface area contributed by atoms with Crippen LogP contribution >= 0.6 is 23.4 Å². The zero-order chi connectivity index (χ0) is 18.4. The van der Waals surface area contributed by atoms with Crippen LogP contribution in [-0.4, -0.2) is 21.9 Å². The fourth-order valence-electron chi connectivity index (χ4n) is 2.44. The standard InChI is InChI=1S/C19H20ClN3O2S/c1-3-23-18(12-25-16-9-7-15(20)8-10-16)21-22-19(23)26-13-14-5-4-6-17(11-14)24-2/h4-11H,3,12-13H2,1-2H3. The molecular formula is C19H20ClN3O2S. The van der Waals surface area contributed by atoms with Gasteiger partial charge in [-0.1, -0.05) is 35.5 Å². The van der Waals surface area contributed by atoms with Gasteiger partial charge in [0.2, 0.25) is 0 Å². The van der Waals surface area contributed by atoms with E-state index in [1.165, 1.54) is 5.56 Å². The highest BCUT2D eigenvalue weighted by atomic mass is 35.5. The van der Waals surface area contributed by atoms with Crippen molar-refractivity contribution < 1.29 is 9.47 Å². The molecule has 0 radical (unpaired) electrons. The van der Waals surface area contributed by atoms with Crippen molar-refractivity contribution in [3.63, 3.8) is 0 Å². The highest BCUT2D eigenvalue weighted by molar-refractivity contribution is 7.98. The normalized spacial score (nSPS) is 10.7. The number of benzene rings is 2. The van der Waals surface area contributed by atoms with Gasteiger partial charge < -0.3 is 14.0 Å². The van der Waals surface area contributed by atoms with E-state index in [1.807, 2.05) is 30.3 Å². The molecule has 0 unspecified atom stereocenters. The highest BCUT2D eigenvalue weighted by Gasteiger charge is 2.12. The van der Waals surface area contributed by atoms with Gasteiger partial charge in [-0.25, -0.2) is 0 Å². The average Bonchev–Trinajstić information content (AvgIpc) is 3.08. The molecule has 0 saturated carbocycles. The van der Waals surface area contributed by atoms with Crippen molar-refractivity contribution in [2.24, 2.45) is 0 Å². The molecular weight excluding hydrogens is 370 g/mol. The van der Waals surface area contributed by atoms with Crippen molar-refractivity contribution in [1.82, 2.24) is 14.8 Å². The quantitative estimate of drug-likeness (QED) is 0.516. The third-order valence-electron chi connectivity index (χ3n) is 3.79. The van der Waals surface area contributed by atoms with Crippen LogP contribution in [-0.2, 0) is 18.9 Å². The summed E-state index contributed by atoms with van der Waals surface area (Å²) in [6, 6.07) is 15.3. The second-order valence-electron chi connectivity index (χ2n) is 5.53. The molecule has 0 fully saturated rings. The molecule has 0 saturated heterocycles. The van der Waals surface area contributed by atoms with Crippen molar-refractivity contribution >= 4 is 23.4 Å². The Hall–Kier alpha value is -2.18. The SMILES string of the molecule is CCn1c(COc2ccc(Cl)cc2)nnc1SCc1cccc(OC)c1. The van der Waals surface area contributed by atoms with Gasteiger partial charge in [0.05, 0.1) is 7.11 Å². The first-order chi connectivity index (χ1) is 12.7. The smallest absolute Gasteiger partial charge is 0.191 e. The Bertz CT molecular complexity index is 852. The molecule has 0 bridgehead atoms. The van der Waals surface area contributed by atoms with E-state index in [9.17, 15) is 0 Å². The summed E-state index contributed by atoms with van der Waals surface area (Å²) in [6.45, 7) is 3.22. The zero-order valence-corrected chi connectivity index (χ0v) is 16.3. The molecule has 3 aromatic rings. The van der Waals surface area contributed by atoms with Gasteiger partial charge in [-0.3, -0.25) is 0 Å². The van der Waals surface area contributed by atoms with E-state index < -0.39 is 0 Å². The van der Waals surface area contributed by atoms with Gasteiger partial charge in [-0.2, -0.15) is 0 Å². The lowest BCUT2D eigenvalue weighted by molar-refractivity contribution is 0.288. The molecule has 0 N–H and O–H groups in total. The monoisotopic (exact) mass is 389 g/mol. The first-order valence-corrected chi connectivity index (χ1v) is 9.62.